The van der Waals surface area contributed by atoms with E-state index < -0.39 is 17.4 Å². The van der Waals surface area contributed by atoms with E-state index in [-0.39, 0.29) is 6.42 Å². The molecule has 0 bridgehead atoms. The van der Waals surface area contributed by atoms with Gasteiger partial charge < -0.3 is 16.6 Å². The van der Waals surface area contributed by atoms with E-state index >= 15 is 0 Å². The van der Waals surface area contributed by atoms with E-state index in [9.17, 15) is 9.59 Å². The fourth-order valence-corrected chi connectivity index (χ4v) is 0.665. The van der Waals surface area contributed by atoms with Crippen LogP contribution in [0.2, 0.25) is 0 Å². The van der Waals surface area contributed by atoms with Gasteiger partial charge in [0.2, 0.25) is 5.91 Å². The molecular formula is C7H12N2O3. The van der Waals surface area contributed by atoms with Crippen molar-refractivity contribution in [2.45, 2.75) is 18.4 Å². The van der Waals surface area contributed by atoms with E-state index in [4.69, 9.17) is 16.6 Å². The lowest BCUT2D eigenvalue weighted by Gasteiger charge is -2.19. The number of rotatable bonds is 5. The van der Waals surface area contributed by atoms with Crippen molar-refractivity contribution in [3.8, 4) is 0 Å². The van der Waals surface area contributed by atoms with E-state index in [0.717, 1.165) is 0 Å². The number of carboxylic acid groups (broad SMARTS) is 1. The summed E-state index contributed by atoms with van der Waals surface area (Å²) in [5.74, 6) is -2.44. The summed E-state index contributed by atoms with van der Waals surface area (Å²) >= 11 is 0. The first-order valence-corrected chi connectivity index (χ1v) is 3.38. The van der Waals surface area contributed by atoms with Crippen LogP contribution in [-0.4, -0.2) is 22.5 Å². The van der Waals surface area contributed by atoms with E-state index in [2.05, 4.69) is 6.58 Å². The molecule has 0 saturated heterocycles. The summed E-state index contributed by atoms with van der Waals surface area (Å²) in [6, 6.07) is 0. The Morgan fingerprint density at radius 3 is 2.33 bits per heavy atom. The highest BCUT2D eigenvalue weighted by molar-refractivity contribution is 6.05. The Balaban J connectivity index is 4.50. The molecule has 68 valence electrons. The first-order chi connectivity index (χ1) is 5.45. The van der Waals surface area contributed by atoms with E-state index in [0.29, 0.717) is 6.42 Å². The number of carboxylic acids is 1. The summed E-state index contributed by atoms with van der Waals surface area (Å²) in [6.07, 6.45) is 1.79. The SMILES string of the molecule is C=CCC[C@@](N)(C(N)=O)C(=O)O. The molecule has 5 N–H and O–H groups in total. The molecule has 5 nitrogen and oxygen atoms in total. The van der Waals surface area contributed by atoms with Gasteiger partial charge in [-0.15, -0.1) is 6.58 Å². The minimum Gasteiger partial charge on any atom is -0.479 e. The summed E-state index contributed by atoms with van der Waals surface area (Å²) in [5, 5.41) is 8.57. The fourth-order valence-electron chi connectivity index (χ4n) is 0.665. The molecule has 12 heavy (non-hydrogen) atoms. The van der Waals surface area contributed by atoms with Crippen molar-refractivity contribution in [2.24, 2.45) is 11.5 Å². The largest absolute Gasteiger partial charge is 0.479 e. The Morgan fingerprint density at radius 2 is 2.08 bits per heavy atom. The van der Waals surface area contributed by atoms with Gasteiger partial charge in [-0.2, -0.15) is 0 Å². The lowest BCUT2D eigenvalue weighted by Crippen LogP contribution is -2.58. The number of hydrogen-bond donors (Lipinski definition) is 3. The number of aliphatic carboxylic acids is 1. The van der Waals surface area contributed by atoms with Crippen LogP contribution in [0.5, 0.6) is 0 Å². The smallest absolute Gasteiger partial charge is 0.333 e. The van der Waals surface area contributed by atoms with Gasteiger partial charge in [0.05, 0.1) is 0 Å². The molecule has 0 aliphatic rings. The van der Waals surface area contributed by atoms with Crippen molar-refractivity contribution in [2.75, 3.05) is 0 Å². The van der Waals surface area contributed by atoms with Crippen LogP contribution in [-0.2, 0) is 9.59 Å². The van der Waals surface area contributed by atoms with Crippen LogP contribution in [0.3, 0.4) is 0 Å². The predicted octanol–water partition coefficient (Wildman–Crippen LogP) is -0.780. The van der Waals surface area contributed by atoms with Gasteiger partial charge >= 0.3 is 5.97 Å². The number of nitrogens with two attached hydrogens (primary N) is 2. The molecule has 0 aliphatic heterocycles. The standard InChI is InChI=1S/C7H12N2O3/c1-2-3-4-7(9,5(8)10)6(11)12/h2H,1,3-4,9H2,(H2,8,10)(H,11,12)/t7-/m1/s1. The summed E-state index contributed by atoms with van der Waals surface area (Å²) in [5.41, 5.74) is 8.12. The second-order valence-corrected chi connectivity index (χ2v) is 2.47. The average Bonchev–Trinajstić information content (AvgIpc) is 1.99. The summed E-state index contributed by atoms with van der Waals surface area (Å²) in [4.78, 5) is 21.2. The van der Waals surface area contributed by atoms with Crippen LogP contribution >= 0.6 is 0 Å². The van der Waals surface area contributed by atoms with E-state index in [1.807, 2.05) is 0 Å². The zero-order valence-corrected chi connectivity index (χ0v) is 6.62. The van der Waals surface area contributed by atoms with Gasteiger partial charge in [-0.1, -0.05) is 6.08 Å². The molecule has 0 aliphatic carbocycles. The van der Waals surface area contributed by atoms with Gasteiger partial charge in [-0.05, 0) is 12.8 Å². The first-order valence-electron chi connectivity index (χ1n) is 3.38. The van der Waals surface area contributed by atoms with Crippen LogP contribution in [0.4, 0.5) is 0 Å². The molecule has 0 heterocycles. The van der Waals surface area contributed by atoms with Crippen molar-refractivity contribution in [1.82, 2.24) is 0 Å². The highest BCUT2D eigenvalue weighted by atomic mass is 16.4. The molecule has 0 aromatic rings. The molecule has 0 radical (unpaired) electrons. The Kier molecular flexibility index (Phi) is 3.43. The van der Waals surface area contributed by atoms with Crippen molar-refractivity contribution in [3.05, 3.63) is 12.7 Å². The molecule has 1 amide bonds. The van der Waals surface area contributed by atoms with Crippen molar-refractivity contribution in [3.63, 3.8) is 0 Å². The summed E-state index contributed by atoms with van der Waals surface area (Å²) in [6.45, 7) is 3.38. The normalized spacial score (nSPS) is 14.8. The number of carbonyl (C=O) groups is 2. The Labute approximate surface area is 70.0 Å². The lowest BCUT2D eigenvalue weighted by atomic mass is 9.94. The fraction of sp³-hybridized carbons (Fsp3) is 0.429. The van der Waals surface area contributed by atoms with Gasteiger partial charge in [-0.3, -0.25) is 4.79 Å². The van der Waals surface area contributed by atoms with Crippen LogP contribution in [0, 0.1) is 0 Å². The number of amides is 1. The van der Waals surface area contributed by atoms with Crippen LogP contribution < -0.4 is 11.5 Å². The van der Waals surface area contributed by atoms with Gasteiger partial charge in [0.1, 0.15) is 0 Å². The number of allylic oxidation sites excluding steroid dienone is 1. The molecule has 0 aromatic heterocycles. The highest BCUT2D eigenvalue weighted by Crippen LogP contribution is 2.09. The monoisotopic (exact) mass is 172 g/mol. The summed E-state index contributed by atoms with van der Waals surface area (Å²) < 4.78 is 0. The van der Waals surface area contributed by atoms with E-state index in [1.165, 1.54) is 6.08 Å². The van der Waals surface area contributed by atoms with E-state index in [1.54, 1.807) is 0 Å². The lowest BCUT2D eigenvalue weighted by molar-refractivity contribution is -0.148. The van der Waals surface area contributed by atoms with Crippen LogP contribution in [0.1, 0.15) is 12.8 Å². The maximum absolute atomic E-state index is 10.7. The molecule has 0 rings (SSSR count). The summed E-state index contributed by atoms with van der Waals surface area (Å²) in [7, 11) is 0. The highest BCUT2D eigenvalue weighted by Gasteiger charge is 2.39. The maximum Gasteiger partial charge on any atom is 0.333 e. The Morgan fingerprint density at radius 1 is 1.58 bits per heavy atom. The third kappa shape index (κ3) is 2.06. The zero-order chi connectivity index (χ0) is 9.78. The molecule has 0 saturated carbocycles. The number of hydrogen-bond acceptors (Lipinski definition) is 3. The third-order valence-electron chi connectivity index (χ3n) is 1.56. The predicted molar refractivity (Wildman–Crippen MR) is 43.2 cm³/mol. The second kappa shape index (κ2) is 3.87. The first kappa shape index (κ1) is 10.6. The topological polar surface area (TPSA) is 106 Å². The molecule has 0 spiro atoms. The molecule has 0 aromatic carbocycles. The zero-order valence-electron chi connectivity index (χ0n) is 6.62. The van der Waals surface area contributed by atoms with Gasteiger partial charge in [0, 0.05) is 0 Å². The quantitative estimate of drug-likeness (QED) is 0.373. The van der Waals surface area contributed by atoms with Gasteiger partial charge in [0.25, 0.3) is 0 Å². The van der Waals surface area contributed by atoms with Crippen molar-refractivity contribution >= 4 is 11.9 Å². The molecule has 1 atom stereocenters. The maximum atomic E-state index is 10.7. The number of primary amides is 1. The van der Waals surface area contributed by atoms with Gasteiger partial charge in [-0.25, -0.2) is 4.79 Å². The Hall–Kier alpha value is -1.36. The van der Waals surface area contributed by atoms with Crippen LogP contribution in [0.15, 0.2) is 12.7 Å². The van der Waals surface area contributed by atoms with Crippen LogP contribution in [0.25, 0.3) is 0 Å². The number of carbonyl (C=O) groups excluding carboxylic acids is 1. The Bertz CT molecular complexity index is 199. The molecule has 5 heteroatoms. The van der Waals surface area contributed by atoms with Gasteiger partial charge in [0.15, 0.2) is 5.54 Å². The minimum atomic E-state index is -1.96. The molecule has 0 unspecified atom stereocenters. The minimum absolute atomic E-state index is 0.0266. The second-order valence-electron chi connectivity index (χ2n) is 2.47. The molecular weight excluding hydrogens is 160 g/mol. The molecule has 0 fully saturated rings. The van der Waals surface area contributed by atoms with Crippen molar-refractivity contribution < 1.29 is 14.7 Å². The third-order valence-corrected chi connectivity index (χ3v) is 1.56. The average molecular weight is 172 g/mol. The van der Waals surface area contributed by atoms with Crippen molar-refractivity contribution in [1.29, 1.82) is 0 Å².